The van der Waals surface area contributed by atoms with Crippen LogP contribution in [0.25, 0.3) is 0 Å². The third-order valence-electron chi connectivity index (χ3n) is 2.96. The van der Waals surface area contributed by atoms with Gasteiger partial charge in [-0.3, -0.25) is 11.3 Å². The van der Waals surface area contributed by atoms with E-state index in [1.807, 2.05) is 24.3 Å². The van der Waals surface area contributed by atoms with Crippen LogP contribution in [0.1, 0.15) is 5.56 Å². The van der Waals surface area contributed by atoms with E-state index in [4.69, 9.17) is 29.0 Å². The second-order valence-electron chi connectivity index (χ2n) is 4.57. The van der Waals surface area contributed by atoms with Crippen LogP contribution in [0.4, 0.5) is 4.39 Å². The molecule has 0 aliphatic heterocycles. The van der Waals surface area contributed by atoms with Crippen LogP contribution in [0.5, 0.6) is 0 Å². The van der Waals surface area contributed by atoms with Crippen LogP contribution in [0.2, 0.25) is 10.0 Å². The fraction of sp³-hybridized carbons (Fsp3) is 0.200. The number of hydrogen-bond acceptors (Lipinski definition) is 3. The molecule has 0 aliphatic rings. The van der Waals surface area contributed by atoms with Crippen molar-refractivity contribution in [3.05, 3.63) is 63.9 Å². The van der Waals surface area contributed by atoms with Gasteiger partial charge in [-0.2, -0.15) is 0 Å². The highest BCUT2D eigenvalue weighted by atomic mass is 35.5. The van der Waals surface area contributed by atoms with Gasteiger partial charge in [-0.25, -0.2) is 4.39 Å². The minimum atomic E-state index is -0.271. The molecule has 2 nitrogen and oxygen atoms in total. The lowest BCUT2D eigenvalue weighted by molar-refractivity contribution is 0.546. The Morgan fingerprint density at radius 1 is 1.14 bits per heavy atom. The summed E-state index contributed by atoms with van der Waals surface area (Å²) in [6.45, 7) is 0. The molecule has 3 N–H and O–H groups in total. The topological polar surface area (TPSA) is 38.0 Å². The summed E-state index contributed by atoms with van der Waals surface area (Å²) in [6.07, 6.45) is 0.469. The van der Waals surface area contributed by atoms with Gasteiger partial charge in [-0.05, 0) is 48.4 Å². The van der Waals surface area contributed by atoms with Crippen molar-refractivity contribution >= 4 is 35.0 Å². The van der Waals surface area contributed by atoms with Crippen LogP contribution in [0, 0.1) is 5.82 Å². The van der Waals surface area contributed by atoms with E-state index in [2.05, 4.69) is 5.43 Å². The van der Waals surface area contributed by atoms with Crippen molar-refractivity contribution in [3.8, 4) is 0 Å². The highest BCUT2D eigenvalue weighted by Crippen LogP contribution is 2.23. The Balaban J connectivity index is 1.98. The van der Waals surface area contributed by atoms with Gasteiger partial charge in [0.1, 0.15) is 5.82 Å². The van der Waals surface area contributed by atoms with E-state index in [9.17, 15) is 4.39 Å². The van der Waals surface area contributed by atoms with Crippen molar-refractivity contribution in [1.29, 1.82) is 0 Å². The Labute approximate surface area is 137 Å². The van der Waals surface area contributed by atoms with Gasteiger partial charge in [0.2, 0.25) is 0 Å². The quantitative estimate of drug-likeness (QED) is 0.466. The first-order chi connectivity index (χ1) is 10.1. The summed E-state index contributed by atoms with van der Waals surface area (Å²) >= 11 is 13.5. The molecule has 2 rings (SSSR count). The third-order valence-corrected chi connectivity index (χ3v) is 4.58. The molecule has 6 heteroatoms. The largest absolute Gasteiger partial charge is 0.271 e. The standard InChI is InChI=1S/C15H15Cl2FN2S/c16-11-2-1-3-14(8-11)21-9-13(20-19)7-10-6-12(17)4-5-15(10)18/h1-6,8,13,20H,7,9,19H2. The van der Waals surface area contributed by atoms with Crippen molar-refractivity contribution < 1.29 is 4.39 Å². The van der Waals surface area contributed by atoms with E-state index in [1.165, 1.54) is 12.1 Å². The van der Waals surface area contributed by atoms with E-state index in [0.717, 1.165) is 4.90 Å². The summed E-state index contributed by atoms with van der Waals surface area (Å²) in [6, 6.07) is 12.1. The Morgan fingerprint density at radius 2 is 1.90 bits per heavy atom. The predicted octanol–water partition coefficient (Wildman–Crippen LogP) is 4.30. The third kappa shape index (κ3) is 5.16. The summed E-state index contributed by atoms with van der Waals surface area (Å²) in [4.78, 5) is 1.05. The summed E-state index contributed by atoms with van der Waals surface area (Å²) < 4.78 is 13.7. The summed E-state index contributed by atoms with van der Waals surface area (Å²) in [7, 11) is 0. The molecular weight excluding hydrogens is 330 g/mol. The van der Waals surface area contributed by atoms with Crippen molar-refractivity contribution in [2.45, 2.75) is 17.4 Å². The molecule has 2 aromatic rings. The van der Waals surface area contributed by atoms with Gasteiger partial charge in [0, 0.05) is 26.7 Å². The first kappa shape index (κ1) is 16.6. The van der Waals surface area contributed by atoms with Gasteiger partial charge < -0.3 is 0 Å². The lowest BCUT2D eigenvalue weighted by Gasteiger charge is -2.16. The zero-order valence-corrected chi connectivity index (χ0v) is 13.5. The summed E-state index contributed by atoms with van der Waals surface area (Å²) in [5, 5.41) is 1.21. The molecule has 1 atom stereocenters. The van der Waals surface area contributed by atoms with Crippen LogP contribution in [-0.2, 0) is 6.42 Å². The lowest BCUT2D eigenvalue weighted by Crippen LogP contribution is -2.38. The van der Waals surface area contributed by atoms with Gasteiger partial charge in [-0.1, -0.05) is 29.3 Å². The summed E-state index contributed by atoms with van der Waals surface area (Å²) in [5.41, 5.74) is 3.27. The first-order valence-corrected chi connectivity index (χ1v) is 8.11. The number of halogens is 3. The van der Waals surface area contributed by atoms with Crippen LogP contribution in [0.3, 0.4) is 0 Å². The number of thioether (sulfide) groups is 1. The predicted molar refractivity (Wildman–Crippen MR) is 88.4 cm³/mol. The van der Waals surface area contributed by atoms with Crippen molar-refractivity contribution in [1.82, 2.24) is 5.43 Å². The Hall–Kier alpha value is -0.780. The molecule has 0 heterocycles. The molecule has 112 valence electrons. The minimum Gasteiger partial charge on any atom is -0.271 e. The lowest BCUT2D eigenvalue weighted by atomic mass is 10.1. The molecule has 0 fully saturated rings. The number of nitrogens with two attached hydrogens (primary N) is 1. The molecule has 0 saturated carbocycles. The molecule has 0 bridgehead atoms. The highest BCUT2D eigenvalue weighted by Gasteiger charge is 2.12. The normalized spacial score (nSPS) is 12.4. The number of benzene rings is 2. The maximum absolute atomic E-state index is 13.7. The second kappa shape index (κ2) is 8.01. The van der Waals surface area contributed by atoms with Gasteiger partial charge in [0.15, 0.2) is 0 Å². The number of hydrazine groups is 1. The maximum atomic E-state index is 13.7. The fourth-order valence-corrected chi connectivity index (χ4v) is 3.33. The Morgan fingerprint density at radius 3 is 2.62 bits per heavy atom. The Kier molecular flexibility index (Phi) is 6.33. The molecule has 0 amide bonds. The van der Waals surface area contributed by atoms with E-state index < -0.39 is 0 Å². The zero-order valence-electron chi connectivity index (χ0n) is 11.2. The van der Waals surface area contributed by atoms with E-state index in [0.29, 0.717) is 27.8 Å². The molecule has 0 spiro atoms. The zero-order chi connectivity index (χ0) is 15.2. The SMILES string of the molecule is NNC(CSc1cccc(Cl)c1)Cc1cc(Cl)ccc1F. The number of rotatable bonds is 6. The van der Waals surface area contributed by atoms with Crippen LogP contribution >= 0.6 is 35.0 Å². The molecule has 0 aliphatic carbocycles. The highest BCUT2D eigenvalue weighted by molar-refractivity contribution is 7.99. The van der Waals surface area contributed by atoms with Crippen molar-refractivity contribution in [2.75, 3.05) is 5.75 Å². The monoisotopic (exact) mass is 344 g/mol. The van der Waals surface area contributed by atoms with Crippen LogP contribution in [0.15, 0.2) is 47.4 Å². The summed E-state index contributed by atoms with van der Waals surface area (Å²) in [5.74, 6) is 5.98. The number of nitrogens with one attached hydrogen (secondary N) is 1. The van der Waals surface area contributed by atoms with E-state index >= 15 is 0 Å². The molecule has 21 heavy (non-hydrogen) atoms. The second-order valence-corrected chi connectivity index (χ2v) is 6.54. The minimum absolute atomic E-state index is 0.0676. The smallest absolute Gasteiger partial charge is 0.126 e. The fourth-order valence-electron chi connectivity index (χ4n) is 1.88. The average Bonchev–Trinajstić information content (AvgIpc) is 2.47. The molecule has 0 aromatic heterocycles. The first-order valence-electron chi connectivity index (χ1n) is 6.37. The van der Waals surface area contributed by atoms with Gasteiger partial charge in [-0.15, -0.1) is 11.8 Å². The maximum Gasteiger partial charge on any atom is 0.126 e. The van der Waals surface area contributed by atoms with E-state index in [-0.39, 0.29) is 11.9 Å². The molecule has 0 saturated heterocycles. The molecule has 0 radical (unpaired) electrons. The number of hydrogen-bond donors (Lipinski definition) is 2. The van der Waals surface area contributed by atoms with E-state index in [1.54, 1.807) is 17.8 Å². The molecule has 1 unspecified atom stereocenters. The Bertz CT molecular complexity index is 610. The average molecular weight is 345 g/mol. The van der Waals surface area contributed by atoms with Gasteiger partial charge in [0.25, 0.3) is 0 Å². The molecular formula is C15H15Cl2FN2S. The van der Waals surface area contributed by atoms with Gasteiger partial charge in [0.05, 0.1) is 0 Å². The van der Waals surface area contributed by atoms with Crippen LogP contribution < -0.4 is 11.3 Å². The van der Waals surface area contributed by atoms with Gasteiger partial charge >= 0.3 is 0 Å². The van der Waals surface area contributed by atoms with Crippen molar-refractivity contribution in [3.63, 3.8) is 0 Å². The van der Waals surface area contributed by atoms with Crippen molar-refractivity contribution in [2.24, 2.45) is 5.84 Å². The van der Waals surface area contributed by atoms with Crippen LogP contribution in [-0.4, -0.2) is 11.8 Å². The molecule has 2 aromatic carbocycles.